The van der Waals surface area contributed by atoms with Crippen LogP contribution < -0.4 is 15.9 Å². The third-order valence-electron chi connectivity index (χ3n) is 6.40. The zero-order chi connectivity index (χ0) is 24.7. The first kappa shape index (κ1) is 25.6. The molecule has 36 heavy (non-hydrogen) atoms. The molecule has 5 rings (SSSR count). The van der Waals surface area contributed by atoms with Crippen LogP contribution in [0.25, 0.3) is 0 Å². The van der Waals surface area contributed by atoms with Gasteiger partial charge in [-0.05, 0) is 0 Å². The monoisotopic (exact) mass is 634 g/mol. The summed E-state index contributed by atoms with van der Waals surface area (Å²) in [6.07, 6.45) is 1.03. The molecule has 5 aromatic carbocycles. The second-order valence-electron chi connectivity index (χ2n) is 8.66. The fourth-order valence-corrected chi connectivity index (χ4v) is 19.3. The van der Waals surface area contributed by atoms with E-state index >= 15 is 0 Å². The molecule has 0 radical (unpaired) electrons. The van der Waals surface area contributed by atoms with Gasteiger partial charge in [-0.2, -0.15) is 0 Å². The summed E-state index contributed by atoms with van der Waals surface area (Å²) in [5.41, 5.74) is 0. The van der Waals surface area contributed by atoms with Crippen LogP contribution in [-0.2, 0) is 0 Å². The van der Waals surface area contributed by atoms with Crippen molar-refractivity contribution in [2.45, 2.75) is 14.4 Å². The Morgan fingerprint density at radius 1 is 0.444 bits per heavy atom. The van der Waals surface area contributed by atoms with Crippen LogP contribution >= 0.6 is 49.8 Å². The molecule has 0 fully saturated rings. The van der Waals surface area contributed by atoms with Crippen LogP contribution in [-0.4, -0.2) is 10.7 Å². The zero-order valence-electron chi connectivity index (χ0n) is 19.9. The third-order valence-corrected chi connectivity index (χ3v) is 20.8. The van der Waals surface area contributed by atoms with E-state index in [1.165, 1.54) is 25.7 Å². The molecule has 0 bridgehead atoms. The molecule has 5 aromatic rings. The van der Waals surface area contributed by atoms with Gasteiger partial charge >= 0.3 is 238 Å². The van der Waals surface area contributed by atoms with Crippen LogP contribution in [0.2, 0.25) is 0 Å². The summed E-state index contributed by atoms with van der Waals surface area (Å²) in [6, 6.07) is 55.4. The molecule has 180 valence electrons. The van der Waals surface area contributed by atoms with Crippen LogP contribution in [0.4, 0.5) is 0 Å². The molecule has 0 unspecified atom stereocenters. The van der Waals surface area contributed by atoms with Crippen molar-refractivity contribution >= 4 is 65.7 Å². The molecule has 0 aliphatic carbocycles. The summed E-state index contributed by atoms with van der Waals surface area (Å²) in [6.45, 7) is 0. The van der Waals surface area contributed by atoms with Crippen molar-refractivity contribution in [2.24, 2.45) is 0 Å². The number of rotatable bonds is 9. The summed E-state index contributed by atoms with van der Waals surface area (Å²) in [4.78, 5) is 2.61. The Morgan fingerprint density at radius 2 is 0.722 bits per heavy atom. The fourth-order valence-electron chi connectivity index (χ4n) is 4.66. The molecule has 0 nitrogen and oxygen atoms in total. The van der Waals surface area contributed by atoms with E-state index in [0.29, 0.717) is 4.58 Å². The Morgan fingerprint density at radius 3 is 1.03 bits per heavy atom. The van der Waals surface area contributed by atoms with Crippen molar-refractivity contribution in [1.29, 1.82) is 0 Å². The summed E-state index contributed by atoms with van der Waals surface area (Å²) in [5.74, 6) is 0. The van der Waals surface area contributed by atoms with Gasteiger partial charge in [0.1, 0.15) is 0 Å². The molecule has 0 aliphatic heterocycles. The van der Waals surface area contributed by atoms with Gasteiger partial charge in [-0.25, -0.2) is 0 Å². The fraction of sp³-hybridized carbons (Fsp3) is 0.0625. The summed E-state index contributed by atoms with van der Waals surface area (Å²) < 4.78 is -2.58. The Balaban J connectivity index is 1.72. The van der Waals surface area contributed by atoms with Gasteiger partial charge in [0.25, 0.3) is 0 Å². The minimum absolute atomic E-state index is 0.310. The Labute approximate surface area is 236 Å². The summed E-state index contributed by atoms with van der Waals surface area (Å²) in [7, 11) is 0. The topological polar surface area (TPSA) is 0 Å². The van der Waals surface area contributed by atoms with E-state index in [1.54, 1.807) is 0 Å². The molecule has 0 spiro atoms. The Kier molecular flexibility index (Phi) is 8.22. The molecule has 0 saturated carbocycles. The van der Waals surface area contributed by atoms with Crippen LogP contribution in [0.5, 0.6) is 0 Å². The van der Waals surface area contributed by atoms with Crippen molar-refractivity contribution in [1.82, 2.24) is 0 Å². The zero-order valence-corrected chi connectivity index (χ0v) is 24.5. The Bertz CT molecular complexity index is 1220. The number of thioether (sulfide) groups is 2. The van der Waals surface area contributed by atoms with Gasteiger partial charge in [0, 0.05) is 0 Å². The molecule has 0 N–H and O–H groups in total. The maximum absolute atomic E-state index is 2.91. The van der Waals surface area contributed by atoms with Crippen molar-refractivity contribution in [3.05, 3.63) is 152 Å². The number of hydrogen-bond acceptors (Lipinski definition) is 2. The van der Waals surface area contributed by atoms with Crippen LogP contribution in [0.1, 0.15) is 0 Å². The molecule has 0 saturated heterocycles. The van der Waals surface area contributed by atoms with Crippen molar-refractivity contribution in [3.8, 4) is 0 Å². The van der Waals surface area contributed by atoms with Crippen molar-refractivity contribution < 1.29 is 0 Å². The van der Waals surface area contributed by atoms with Gasteiger partial charge in [0.2, 0.25) is 0 Å². The summed E-state index contributed by atoms with van der Waals surface area (Å²) in [5, 5.41) is 4.27. The average molecular weight is 635 g/mol. The van der Waals surface area contributed by atoms with E-state index in [-0.39, 0.29) is 0 Å². The second kappa shape index (κ2) is 11.6. The molecular weight excluding hydrogens is 606 g/mol. The van der Waals surface area contributed by atoms with E-state index in [4.69, 9.17) is 0 Å². The number of benzene rings is 5. The standard InChI is InChI=1S/C32H28IPS2/c33-34(27-16-6-1-7-17-27,28-18-8-2-9-19-28,29-20-10-3-11-21-29)26-32(35-30-22-12-4-13-23-30)36-31-24-14-5-15-25-31/h1-25,32H,26H2. The number of halogens is 1. The predicted octanol–water partition coefficient (Wildman–Crippen LogP) is 8.78. The van der Waals surface area contributed by atoms with Crippen molar-refractivity contribution in [2.75, 3.05) is 6.16 Å². The van der Waals surface area contributed by atoms with E-state index in [9.17, 15) is 0 Å². The molecule has 4 heteroatoms. The first-order valence-electron chi connectivity index (χ1n) is 12.0. The normalized spacial score (nSPS) is 12.7. The molecule has 0 aliphatic rings. The predicted molar refractivity (Wildman–Crippen MR) is 172 cm³/mol. The first-order chi connectivity index (χ1) is 17.7. The molecule has 0 atom stereocenters. The van der Waals surface area contributed by atoms with Gasteiger partial charge in [-0.1, -0.05) is 0 Å². The minimum atomic E-state index is -2.89. The average Bonchev–Trinajstić information content (AvgIpc) is 2.95. The maximum atomic E-state index is 2.91. The van der Waals surface area contributed by atoms with Crippen LogP contribution in [0, 0.1) is 0 Å². The van der Waals surface area contributed by atoms with Crippen LogP contribution in [0.15, 0.2) is 161 Å². The van der Waals surface area contributed by atoms with Gasteiger partial charge in [0.15, 0.2) is 0 Å². The molecule has 0 amide bonds. The van der Waals surface area contributed by atoms with E-state index in [0.717, 1.165) is 6.16 Å². The number of hydrogen-bond donors (Lipinski definition) is 0. The summed E-state index contributed by atoms with van der Waals surface area (Å²) >= 11 is 6.88. The van der Waals surface area contributed by atoms with Crippen LogP contribution in [0.3, 0.4) is 0 Å². The Hall–Kier alpha value is -2.04. The van der Waals surface area contributed by atoms with Gasteiger partial charge in [0.05, 0.1) is 0 Å². The first-order valence-corrected chi connectivity index (χ1v) is 19.0. The van der Waals surface area contributed by atoms with E-state index in [2.05, 4.69) is 174 Å². The van der Waals surface area contributed by atoms with Gasteiger partial charge in [-0.3, -0.25) is 0 Å². The van der Waals surface area contributed by atoms with E-state index < -0.39 is 4.25 Å². The molecule has 0 aromatic heterocycles. The van der Waals surface area contributed by atoms with Crippen molar-refractivity contribution in [3.63, 3.8) is 0 Å². The van der Waals surface area contributed by atoms with E-state index in [1.807, 2.05) is 23.5 Å². The van der Waals surface area contributed by atoms with Gasteiger partial charge in [-0.15, -0.1) is 0 Å². The van der Waals surface area contributed by atoms with Gasteiger partial charge < -0.3 is 0 Å². The third kappa shape index (κ3) is 5.31. The molecular formula is C32H28IPS2. The second-order valence-corrected chi connectivity index (χ2v) is 22.2. The SMILES string of the molecule is IP(CC(Sc1ccccc1)Sc1ccccc1)(c1ccccc1)(c1ccccc1)c1ccccc1. The quantitative estimate of drug-likeness (QED) is 0.0689. The molecule has 0 heterocycles.